The number of aryl methyl sites for hydroxylation is 1. The van der Waals surface area contributed by atoms with Crippen LogP contribution in [0.5, 0.6) is 0 Å². The highest BCUT2D eigenvalue weighted by molar-refractivity contribution is 7.12. The molecular weight excluding hydrogens is 216 g/mol. The molecule has 1 aliphatic rings. The van der Waals surface area contributed by atoms with Crippen LogP contribution < -0.4 is 0 Å². The summed E-state index contributed by atoms with van der Waals surface area (Å²) in [6.45, 7) is 4.39. The summed E-state index contributed by atoms with van der Waals surface area (Å²) in [6, 6.07) is 4.41. The van der Waals surface area contributed by atoms with Crippen LogP contribution in [0.15, 0.2) is 12.1 Å². The molecule has 1 heterocycles. The first-order chi connectivity index (χ1) is 7.68. The molecule has 0 radical (unpaired) electrons. The Balaban J connectivity index is 2.07. The van der Waals surface area contributed by atoms with Crippen molar-refractivity contribution in [1.29, 1.82) is 0 Å². The Kier molecular flexibility index (Phi) is 3.70. The van der Waals surface area contributed by atoms with Gasteiger partial charge in [-0.15, -0.1) is 11.3 Å². The lowest BCUT2D eigenvalue weighted by Gasteiger charge is -2.29. The highest BCUT2D eigenvalue weighted by atomic mass is 32.1. The third kappa shape index (κ3) is 2.33. The van der Waals surface area contributed by atoms with Gasteiger partial charge < -0.3 is 5.11 Å². The summed E-state index contributed by atoms with van der Waals surface area (Å²) in [5, 5.41) is 10.7. The summed E-state index contributed by atoms with van der Waals surface area (Å²) < 4.78 is 0. The molecule has 1 nitrogen and oxygen atoms in total. The van der Waals surface area contributed by atoms with E-state index in [1.165, 1.54) is 22.6 Å². The molecule has 16 heavy (non-hydrogen) atoms. The largest absolute Gasteiger partial charge is 0.389 e. The standard InChI is InChI=1S/C14H22OS/c1-3-11-6-5-9-14(11,15)10-13-8-7-12(4-2)16-13/h7-8,11,15H,3-6,9-10H2,1-2H3. The van der Waals surface area contributed by atoms with Gasteiger partial charge in [-0.3, -0.25) is 0 Å². The van der Waals surface area contributed by atoms with Gasteiger partial charge in [-0.25, -0.2) is 0 Å². The first-order valence-electron chi connectivity index (χ1n) is 6.48. The Hall–Kier alpha value is -0.340. The molecule has 1 fully saturated rings. The van der Waals surface area contributed by atoms with Gasteiger partial charge in [0.1, 0.15) is 0 Å². The van der Waals surface area contributed by atoms with E-state index in [1.807, 2.05) is 11.3 Å². The van der Waals surface area contributed by atoms with Crippen molar-refractivity contribution in [3.05, 3.63) is 21.9 Å². The van der Waals surface area contributed by atoms with Gasteiger partial charge in [0.05, 0.1) is 5.60 Å². The molecule has 0 aromatic carbocycles. The Morgan fingerprint density at radius 1 is 1.38 bits per heavy atom. The van der Waals surface area contributed by atoms with E-state index < -0.39 is 5.60 Å². The van der Waals surface area contributed by atoms with E-state index in [9.17, 15) is 5.11 Å². The van der Waals surface area contributed by atoms with E-state index in [4.69, 9.17) is 0 Å². The molecular formula is C14H22OS. The van der Waals surface area contributed by atoms with Crippen molar-refractivity contribution >= 4 is 11.3 Å². The Bertz CT molecular complexity index is 344. The fourth-order valence-electron chi connectivity index (χ4n) is 2.95. The minimum absolute atomic E-state index is 0.412. The molecule has 2 unspecified atom stereocenters. The fraction of sp³-hybridized carbons (Fsp3) is 0.714. The molecule has 0 saturated heterocycles. The SMILES string of the molecule is CCc1ccc(CC2(O)CCCC2CC)s1. The van der Waals surface area contributed by atoms with E-state index in [2.05, 4.69) is 26.0 Å². The van der Waals surface area contributed by atoms with E-state index in [0.717, 1.165) is 25.7 Å². The second-order valence-electron chi connectivity index (χ2n) is 5.00. The predicted molar refractivity (Wildman–Crippen MR) is 70.0 cm³/mol. The molecule has 1 N–H and O–H groups in total. The molecule has 1 saturated carbocycles. The second kappa shape index (κ2) is 4.89. The summed E-state index contributed by atoms with van der Waals surface area (Å²) >= 11 is 1.87. The van der Waals surface area contributed by atoms with Gasteiger partial charge in [0.2, 0.25) is 0 Å². The van der Waals surface area contributed by atoms with Gasteiger partial charge in [0.15, 0.2) is 0 Å². The van der Waals surface area contributed by atoms with Crippen molar-refractivity contribution in [3.8, 4) is 0 Å². The summed E-state index contributed by atoms with van der Waals surface area (Å²) in [4.78, 5) is 2.80. The molecule has 1 aromatic rings. The van der Waals surface area contributed by atoms with Gasteiger partial charge >= 0.3 is 0 Å². The van der Waals surface area contributed by atoms with Crippen LogP contribution in [0.1, 0.15) is 49.3 Å². The van der Waals surface area contributed by atoms with Crippen LogP contribution in [0.4, 0.5) is 0 Å². The topological polar surface area (TPSA) is 20.2 Å². The number of hydrogen-bond donors (Lipinski definition) is 1. The van der Waals surface area contributed by atoms with Crippen LogP contribution in [0.25, 0.3) is 0 Å². The highest BCUT2D eigenvalue weighted by Crippen LogP contribution is 2.40. The summed E-state index contributed by atoms with van der Waals surface area (Å²) in [5.41, 5.74) is -0.412. The van der Waals surface area contributed by atoms with E-state index in [-0.39, 0.29) is 0 Å². The van der Waals surface area contributed by atoms with E-state index >= 15 is 0 Å². The van der Waals surface area contributed by atoms with Crippen molar-refractivity contribution in [1.82, 2.24) is 0 Å². The van der Waals surface area contributed by atoms with Gasteiger partial charge in [0.25, 0.3) is 0 Å². The minimum atomic E-state index is -0.412. The lowest BCUT2D eigenvalue weighted by atomic mass is 9.85. The summed E-state index contributed by atoms with van der Waals surface area (Å²) in [6.07, 6.45) is 6.49. The van der Waals surface area contributed by atoms with Gasteiger partial charge in [-0.1, -0.05) is 26.7 Å². The summed E-state index contributed by atoms with van der Waals surface area (Å²) in [5.74, 6) is 0.514. The van der Waals surface area contributed by atoms with Crippen LogP contribution in [0, 0.1) is 5.92 Å². The molecule has 1 aliphatic carbocycles. The molecule has 0 amide bonds. The first kappa shape index (κ1) is 12.1. The van der Waals surface area contributed by atoms with Crippen molar-refractivity contribution in [2.24, 2.45) is 5.92 Å². The zero-order valence-corrected chi connectivity index (χ0v) is 11.1. The van der Waals surface area contributed by atoms with Crippen LogP contribution in [0.2, 0.25) is 0 Å². The monoisotopic (exact) mass is 238 g/mol. The zero-order valence-electron chi connectivity index (χ0n) is 10.3. The number of aliphatic hydroxyl groups is 1. The van der Waals surface area contributed by atoms with Gasteiger partial charge in [0, 0.05) is 16.2 Å². The van der Waals surface area contributed by atoms with Gasteiger partial charge in [-0.2, -0.15) is 0 Å². The Labute approximate surface area is 103 Å². The maximum Gasteiger partial charge on any atom is 0.0723 e. The lowest BCUT2D eigenvalue weighted by Crippen LogP contribution is -2.35. The second-order valence-corrected chi connectivity index (χ2v) is 6.25. The smallest absolute Gasteiger partial charge is 0.0723 e. The highest BCUT2D eigenvalue weighted by Gasteiger charge is 2.40. The quantitative estimate of drug-likeness (QED) is 0.846. The van der Waals surface area contributed by atoms with E-state index in [1.54, 1.807) is 0 Å². The maximum atomic E-state index is 10.7. The third-order valence-corrected chi connectivity index (χ3v) is 5.19. The fourth-order valence-corrected chi connectivity index (χ4v) is 4.03. The molecule has 0 bridgehead atoms. The molecule has 2 heteroatoms. The first-order valence-corrected chi connectivity index (χ1v) is 7.29. The molecule has 2 atom stereocenters. The molecule has 90 valence electrons. The molecule has 0 aliphatic heterocycles. The van der Waals surface area contributed by atoms with Crippen LogP contribution in [-0.4, -0.2) is 10.7 Å². The van der Waals surface area contributed by atoms with Crippen molar-refractivity contribution in [2.75, 3.05) is 0 Å². The van der Waals surface area contributed by atoms with Crippen LogP contribution >= 0.6 is 11.3 Å². The van der Waals surface area contributed by atoms with E-state index in [0.29, 0.717) is 5.92 Å². The third-order valence-electron chi connectivity index (χ3n) is 3.96. The van der Waals surface area contributed by atoms with Crippen LogP contribution in [-0.2, 0) is 12.8 Å². The summed E-state index contributed by atoms with van der Waals surface area (Å²) in [7, 11) is 0. The molecule has 0 spiro atoms. The predicted octanol–water partition coefficient (Wildman–Crippen LogP) is 3.79. The number of hydrogen-bond acceptors (Lipinski definition) is 2. The Morgan fingerprint density at radius 3 is 2.75 bits per heavy atom. The van der Waals surface area contributed by atoms with Crippen molar-refractivity contribution < 1.29 is 5.11 Å². The Morgan fingerprint density at radius 2 is 2.12 bits per heavy atom. The lowest BCUT2D eigenvalue weighted by molar-refractivity contribution is 0.00218. The average Bonchev–Trinajstić information content (AvgIpc) is 2.85. The van der Waals surface area contributed by atoms with Crippen LogP contribution in [0.3, 0.4) is 0 Å². The number of rotatable bonds is 4. The average molecular weight is 238 g/mol. The zero-order chi connectivity index (χ0) is 11.6. The van der Waals surface area contributed by atoms with Crippen molar-refractivity contribution in [2.45, 2.75) is 58.0 Å². The minimum Gasteiger partial charge on any atom is -0.389 e. The number of thiophene rings is 1. The van der Waals surface area contributed by atoms with Crippen molar-refractivity contribution in [3.63, 3.8) is 0 Å². The van der Waals surface area contributed by atoms with Gasteiger partial charge in [-0.05, 0) is 37.3 Å². The molecule has 1 aromatic heterocycles. The normalized spacial score (nSPS) is 29.8. The molecule has 2 rings (SSSR count). The maximum absolute atomic E-state index is 10.7.